The number of aromatic nitrogens is 1. The van der Waals surface area contributed by atoms with Crippen LogP contribution >= 0.6 is 11.6 Å². The molecule has 0 saturated heterocycles. The second-order valence-electron chi connectivity index (χ2n) is 7.22. The van der Waals surface area contributed by atoms with E-state index in [1.54, 1.807) is 6.07 Å². The van der Waals surface area contributed by atoms with Gasteiger partial charge in [0.15, 0.2) is 0 Å². The van der Waals surface area contributed by atoms with E-state index in [1.807, 2.05) is 49.5 Å². The van der Waals surface area contributed by atoms with E-state index < -0.39 is 6.04 Å². The second kappa shape index (κ2) is 10.2. The Bertz CT molecular complexity index is 1030. The summed E-state index contributed by atoms with van der Waals surface area (Å²) in [6.45, 7) is 4.27. The number of para-hydroxylation sites is 1. The average Bonchev–Trinajstić information content (AvgIpc) is 3.11. The zero-order chi connectivity index (χ0) is 21.5. The van der Waals surface area contributed by atoms with Crippen LogP contribution in [0.1, 0.15) is 24.5 Å². The van der Waals surface area contributed by atoms with Crippen molar-refractivity contribution >= 4 is 34.3 Å². The smallest absolute Gasteiger partial charge is 0.242 e. The zero-order valence-electron chi connectivity index (χ0n) is 17.1. The minimum Gasteiger partial charge on any atom is -0.493 e. The Morgan fingerprint density at radius 2 is 2.00 bits per heavy atom. The van der Waals surface area contributed by atoms with E-state index in [2.05, 4.69) is 15.6 Å². The number of hydrogen-bond donors (Lipinski definition) is 3. The molecule has 1 unspecified atom stereocenters. The summed E-state index contributed by atoms with van der Waals surface area (Å²) in [6.07, 6.45) is 2.94. The molecule has 0 spiro atoms. The van der Waals surface area contributed by atoms with E-state index in [9.17, 15) is 9.59 Å². The van der Waals surface area contributed by atoms with Gasteiger partial charge in [-0.2, -0.15) is 0 Å². The first-order valence-electron chi connectivity index (χ1n) is 9.93. The molecule has 0 aliphatic rings. The quantitative estimate of drug-likeness (QED) is 0.454. The highest BCUT2D eigenvalue weighted by atomic mass is 35.5. The van der Waals surface area contributed by atoms with E-state index in [1.165, 1.54) is 6.92 Å². The van der Waals surface area contributed by atoms with Crippen LogP contribution < -0.4 is 15.4 Å². The molecule has 1 heterocycles. The molecule has 1 aromatic heterocycles. The van der Waals surface area contributed by atoms with Gasteiger partial charge in [-0.15, -0.1) is 0 Å². The van der Waals surface area contributed by atoms with E-state index in [0.717, 1.165) is 27.8 Å². The molecule has 3 N–H and O–H groups in total. The highest BCUT2D eigenvalue weighted by Gasteiger charge is 2.21. The predicted octanol–water partition coefficient (Wildman–Crippen LogP) is 3.76. The lowest BCUT2D eigenvalue weighted by Crippen LogP contribution is -2.47. The van der Waals surface area contributed by atoms with Gasteiger partial charge in [0.1, 0.15) is 11.8 Å². The molecule has 158 valence electrons. The Labute approximate surface area is 181 Å². The van der Waals surface area contributed by atoms with Gasteiger partial charge in [0.05, 0.1) is 6.61 Å². The summed E-state index contributed by atoms with van der Waals surface area (Å²) in [4.78, 5) is 27.5. The molecule has 2 aromatic carbocycles. The first-order chi connectivity index (χ1) is 14.4. The van der Waals surface area contributed by atoms with E-state index in [4.69, 9.17) is 16.3 Å². The number of rotatable bonds is 9. The van der Waals surface area contributed by atoms with E-state index >= 15 is 0 Å². The summed E-state index contributed by atoms with van der Waals surface area (Å²) < 4.78 is 5.75. The molecule has 0 saturated carbocycles. The molecule has 0 aliphatic heterocycles. The summed E-state index contributed by atoms with van der Waals surface area (Å²) in [6, 6.07) is 12.7. The molecule has 3 rings (SSSR count). The highest BCUT2D eigenvalue weighted by Crippen LogP contribution is 2.22. The Kier molecular flexibility index (Phi) is 7.36. The summed E-state index contributed by atoms with van der Waals surface area (Å²) in [5, 5.41) is 7.37. The Morgan fingerprint density at radius 1 is 1.20 bits per heavy atom. The third-order valence-corrected chi connectivity index (χ3v) is 5.04. The van der Waals surface area contributed by atoms with E-state index in [-0.39, 0.29) is 11.8 Å². The first-order valence-corrected chi connectivity index (χ1v) is 10.3. The predicted molar refractivity (Wildman–Crippen MR) is 119 cm³/mol. The summed E-state index contributed by atoms with van der Waals surface area (Å²) in [5.41, 5.74) is 2.96. The minimum atomic E-state index is -0.638. The molecule has 0 aliphatic carbocycles. The number of carbonyl (C=O) groups excluding carboxylic acids is 2. The van der Waals surface area contributed by atoms with Crippen LogP contribution in [0.15, 0.2) is 48.7 Å². The van der Waals surface area contributed by atoms with Crippen LogP contribution in [0.2, 0.25) is 5.02 Å². The maximum absolute atomic E-state index is 12.7. The van der Waals surface area contributed by atoms with Gasteiger partial charge in [0, 0.05) is 42.0 Å². The Morgan fingerprint density at radius 3 is 2.77 bits per heavy atom. The number of carbonyl (C=O) groups is 2. The number of H-pyrrole nitrogens is 1. The van der Waals surface area contributed by atoms with Gasteiger partial charge < -0.3 is 20.4 Å². The molecule has 1 atom stereocenters. The number of ether oxygens (including phenoxy) is 1. The number of hydrogen-bond acceptors (Lipinski definition) is 3. The monoisotopic (exact) mass is 427 g/mol. The van der Waals surface area contributed by atoms with Crippen LogP contribution in [0.5, 0.6) is 5.75 Å². The molecule has 6 nitrogen and oxygen atoms in total. The van der Waals surface area contributed by atoms with Gasteiger partial charge in [-0.1, -0.05) is 29.8 Å². The molecule has 7 heteroatoms. The SMILES string of the molecule is CC(=O)NC(Cc1c[nH]c2ccccc12)C(=O)NCCCOc1ccc(Cl)cc1C. The maximum Gasteiger partial charge on any atom is 0.242 e. The van der Waals surface area contributed by atoms with Crippen molar-refractivity contribution in [1.82, 2.24) is 15.6 Å². The Balaban J connectivity index is 1.52. The van der Waals surface area contributed by atoms with Crippen LogP contribution in [0.25, 0.3) is 10.9 Å². The lowest BCUT2D eigenvalue weighted by atomic mass is 10.0. The third kappa shape index (κ3) is 5.76. The van der Waals surface area contributed by atoms with Crippen molar-refractivity contribution in [2.45, 2.75) is 32.7 Å². The van der Waals surface area contributed by atoms with Gasteiger partial charge in [0.25, 0.3) is 0 Å². The number of nitrogens with one attached hydrogen (secondary N) is 3. The van der Waals surface area contributed by atoms with Crippen LogP contribution in [-0.2, 0) is 16.0 Å². The van der Waals surface area contributed by atoms with Crippen molar-refractivity contribution in [3.8, 4) is 5.75 Å². The van der Waals surface area contributed by atoms with Crippen molar-refractivity contribution in [1.29, 1.82) is 0 Å². The van der Waals surface area contributed by atoms with Gasteiger partial charge in [-0.25, -0.2) is 0 Å². The van der Waals surface area contributed by atoms with E-state index in [0.29, 0.717) is 31.0 Å². The lowest BCUT2D eigenvalue weighted by Gasteiger charge is -2.17. The molecular weight excluding hydrogens is 402 g/mol. The highest BCUT2D eigenvalue weighted by molar-refractivity contribution is 6.30. The second-order valence-corrected chi connectivity index (χ2v) is 7.66. The molecule has 3 aromatic rings. The summed E-state index contributed by atoms with van der Waals surface area (Å²) >= 11 is 5.95. The molecular formula is C23H26ClN3O3. The first kappa shape index (κ1) is 21.7. The fourth-order valence-electron chi connectivity index (χ4n) is 3.34. The van der Waals surface area contributed by atoms with Crippen molar-refractivity contribution in [2.24, 2.45) is 0 Å². The van der Waals surface area contributed by atoms with Crippen molar-refractivity contribution in [3.05, 3.63) is 64.8 Å². The normalized spacial score (nSPS) is 11.8. The Hall–Kier alpha value is -2.99. The van der Waals surface area contributed by atoms with Crippen LogP contribution in [0.3, 0.4) is 0 Å². The number of fused-ring (bicyclic) bond motifs is 1. The fourth-order valence-corrected chi connectivity index (χ4v) is 3.57. The minimum absolute atomic E-state index is 0.210. The van der Waals surface area contributed by atoms with Gasteiger partial charge in [0.2, 0.25) is 11.8 Å². The summed E-state index contributed by atoms with van der Waals surface area (Å²) in [7, 11) is 0. The van der Waals surface area contributed by atoms with Gasteiger partial charge >= 0.3 is 0 Å². The van der Waals surface area contributed by atoms with Crippen molar-refractivity contribution in [2.75, 3.05) is 13.2 Å². The molecule has 0 radical (unpaired) electrons. The molecule has 0 bridgehead atoms. The molecule has 2 amide bonds. The average molecular weight is 428 g/mol. The van der Waals surface area contributed by atoms with Crippen LogP contribution in [0.4, 0.5) is 0 Å². The molecule has 30 heavy (non-hydrogen) atoms. The largest absolute Gasteiger partial charge is 0.493 e. The standard InChI is InChI=1S/C23H26ClN3O3/c1-15-12-18(24)8-9-22(15)30-11-5-10-25-23(29)21(27-16(2)28)13-17-14-26-20-7-4-3-6-19(17)20/h3-4,6-9,12,14,21,26H,5,10-11,13H2,1-2H3,(H,25,29)(H,27,28). The number of amides is 2. The zero-order valence-corrected chi connectivity index (χ0v) is 17.9. The van der Waals surface area contributed by atoms with Crippen molar-refractivity contribution in [3.63, 3.8) is 0 Å². The fraction of sp³-hybridized carbons (Fsp3) is 0.304. The van der Waals surface area contributed by atoms with Crippen LogP contribution in [-0.4, -0.2) is 36.0 Å². The van der Waals surface area contributed by atoms with Crippen LogP contribution in [0, 0.1) is 6.92 Å². The molecule has 0 fully saturated rings. The number of halogens is 1. The van der Waals surface area contributed by atoms with Gasteiger partial charge in [-0.05, 0) is 48.7 Å². The maximum atomic E-state index is 12.7. The number of aromatic amines is 1. The topological polar surface area (TPSA) is 83.2 Å². The summed E-state index contributed by atoms with van der Waals surface area (Å²) in [5.74, 6) is 0.330. The number of benzene rings is 2. The number of aryl methyl sites for hydroxylation is 1. The van der Waals surface area contributed by atoms with Gasteiger partial charge in [-0.3, -0.25) is 9.59 Å². The lowest BCUT2D eigenvalue weighted by molar-refractivity contribution is -0.128. The third-order valence-electron chi connectivity index (χ3n) is 4.81. The van der Waals surface area contributed by atoms with Crippen molar-refractivity contribution < 1.29 is 14.3 Å².